The number of benzene rings is 3. The third kappa shape index (κ3) is 2.43. The van der Waals surface area contributed by atoms with Crippen LogP contribution in [0.3, 0.4) is 0 Å². The third-order valence-corrected chi connectivity index (χ3v) is 3.42. The highest BCUT2D eigenvalue weighted by atomic mass is 32.2. The molecule has 20 heavy (non-hydrogen) atoms. The lowest BCUT2D eigenvalue weighted by atomic mass is 9.98. The van der Waals surface area contributed by atoms with Gasteiger partial charge in [0.05, 0.1) is 0 Å². The molecule has 0 fully saturated rings. The Morgan fingerprint density at radius 2 is 1.55 bits per heavy atom. The van der Waals surface area contributed by atoms with E-state index in [0.29, 0.717) is 5.75 Å². The van der Waals surface area contributed by atoms with Crippen LogP contribution in [0.1, 0.15) is 0 Å². The van der Waals surface area contributed by atoms with Crippen molar-refractivity contribution in [1.29, 1.82) is 0 Å². The van der Waals surface area contributed by atoms with Gasteiger partial charge in [0, 0.05) is 5.39 Å². The fourth-order valence-corrected chi connectivity index (χ4v) is 2.59. The van der Waals surface area contributed by atoms with Gasteiger partial charge in [-0.3, -0.25) is 0 Å². The van der Waals surface area contributed by atoms with Gasteiger partial charge in [-0.05, 0) is 22.6 Å². The highest BCUT2D eigenvalue weighted by molar-refractivity contribution is 7.74. The van der Waals surface area contributed by atoms with E-state index in [9.17, 15) is 8.76 Å². The Kier molecular flexibility index (Phi) is 3.50. The average Bonchev–Trinajstić information content (AvgIpc) is 2.47. The lowest BCUT2D eigenvalue weighted by Gasteiger charge is -2.13. The van der Waals surface area contributed by atoms with Gasteiger partial charge in [-0.25, -0.2) is 4.21 Å². The molecule has 0 heterocycles. The Morgan fingerprint density at radius 1 is 0.850 bits per heavy atom. The van der Waals surface area contributed by atoms with Gasteiger partial charge in [0.25, 0.3) is 0 Å². The van der Waals surface area contributed by atoms with Crippen LogP contribution in [0.5, 0.6) is 5.75 Å². The normalized spacial score (nSPS) is 12.2. The van der Waals surface area contributed by atoms with E-state index in [2.05, 4.69) is 0 Å². The van der Waals surface area contributed by atoms with Crippen molar-refractivity contribution in [1.82, 2.24) is 0 Å². The maximum atomic E-state index is 10.8. The molecular weight excluding hydrogens is 272 g/mol. The second kappa shape index (κ2) is 5.45. The van der Waals surface area contributed by atoms with Crippen LogP contribution < -0.4 is 4.18 Å². The van der Waals surface area contributed by atoms with Crippen LogP contribution in [-0.4, -0.2) is 8.76 Å². The molecule has 0 spiro atoms. The van der Waals surface area contributed by atoms with Crippen LogP contribution in [-0.2, 0) is 11.4 Å². The quantitative estimate of drug-likeness (QED) is 0.689. The zero-order chi connectivity index (χ0) is 13.9. The molecule has 0 saturated carbocycles. The summed E-state index contributed by atoms with van der Waals surface area (Å²) in [6.07, 6.45) is 0. The second-order valence-corrected chi connectivity index (χ2v) is 4.89. The van der Waals surface area contributed by atoms with Crippen molar-refractivity contribution < 1.29 is 12.9 Å². The molecule has 0 aliphatic carbocycles. The van der Waals surface area contributed by atoms with Crippen molar-refractivity contribution in [3.05, 3.63) is 66.7 Å². The first kappa shape index (κ1) is 12.8. The molecular formula is C16H11O3S-. The summed E-state index contributed by atoms with van der Waals surface area (Å²) in [5, 5.41) is 1.74. The first-order chi connectivity index (χ1) is 9.75. The number of fused-ring (bicyclic) bond motifs is 1. The predicted molar refractivity (Wildman–Crippen MR) is 78.9 cm³/mol. The molecule has 0 aromatic heterocycles. The molecule has 1 unspecified atom stereocenters. The third-order valence-electron chi connectivity index (χ3n) is 3.11. The summed E-state index contributed by atoms with van der Waals surface area (Å²) in [7, 11) is 0. The highest BCUT2D eigenvalue weighted by Crippen LogP contribution is 2.35. The maximum Gasteiger partial charge on any atom is 0.147 e. The lowest BCUT2D eigenvalue weighted by molar-refractivity contribution is 0.442. The molecule has 100 valence electrons. The van der Waals surface area contributed by atoms with Crippen LogP contribution >= 0.6 is 0 Å². The number of hydrogen-bond acceptors (Lipinski definition) is 3. The fourth-order valence-electron chi connectivity index (χ4n) is 2.31. The summed E-state index contributed by atoms with van der Waals surface area (Å²) in [6, 6.07) is 21.0. The minimum Gasteiger partial charge on any atom is -0.740 e. The van der Waals surface area contributed by atoms with Crippen molar-refractivity contribution in [2.45, 2.75) is 0 Å². The summed E-state index contributed by atoms with van der Waals surface area (Å²) in [5.74, 6) is 0.343. The summed E-state index contributed by atoms with van der Waals surface area (Å²) in [4.78, 5) is 0. The molecule has 3 aromatic rings. The van der Waals surface area contributed by atoms with Crippen LogP contribution in [0.25, 0.3) is 21.9 Å². The van der Waals surface area contributed by atoms with E-state index in [1.54, 1.807) is 12.1 Å². The van der Waals surface area contributed by atoms with Gasteiger partial charge in [-0.1, -0.05) is 60.7 Å². The molecule has 0 amide bonds. The molecule has 0 radical (unpaired) electrons. The van der Waals surface area contributed by atoms with Gasteiger partial charge in [-0.15, -0.1) is 0 Å². The van der Waals surface area contributed by atoms with Crippen molar-refractivity contribution in [2.75, 3.05) is 0 Å². The summed E-state index contributed by atoms with van der Waals surface area (Å²) >= 11 is -2.59. The first-order valence-electron chi connectivity index (χ1n) is 6.10. The monoisotopic (exact) mass is 283 g/mol. The minimum atomic E-state index is -2.59. The van der Waals surface area contributed by atoms with E-state index in [1.165, 1.54) is 0 Å². The Balaban J connectivity index is 2.29. The van der Waals surface area contributed by atoms with Crippen LogP contribution in [0.2, 0.25) is 0 Å². The first-order valence-corrected chi connectivity index (χ1v) is 7.10. The Hall–Kier alpha value is -2.17. The maximum absolute atomic E-state index is 10.8. The van der Waals surface area contributed by atoms with Gasteiger partial charge in [0.1, 0.15) is 17.1 Å². The molecule has 1 atom stereocenters. The smallest absolute Gasteiger partial charge is 0.147 e. The van der Waals surface area contributed by atoms with Crippen LogP contribution in [0.4, 0.5) is 0 Å². The van der Waals surface area contributed by atoms with E-state index in [0.717, 1.165) is 21.9 Å². The molecule has 4 heteroatoms. The van der Waals surface area contributed by atoms with Crippen LogP contribution in [0, 0.1) is 0 Å². The summed E-state index contributed by atoms with van der Waals surface area (Å²) in [5.41, 5.74) is 1.97. The zero-order valence-corrected chi connectivity index (χ0v) is 11.3. The fraction of sp³-hybridized carbons (Fsp3) is 0. The van der Waals surface area contributed by atoms with Crippen molar-refractivity contribution in [2.24, 2.45) is 0 Å². The summed E-state index contributed by atoms with van der Waals surface area (Å²) in [6.45, 7) is 0. The molecule has 0 bridgehead atoms. The zero-order valence-electron chi connectivity index (χ0n) is 10.5. The second-order valence-electron chi connectivity index (χ2n) is 4.31. The number of rotatable bonds is 3. The van der Waals surface area contributed by atoms with Gasteiger partial charge in [0.15, 0.2) is 0 Å². The van der Waals surface area contributed by atoms with Crippen molar-refractivity contribution >= 4 is 22.1 Å². The minimum absolute atomic E-state index is 0.343. The molecule has 3 aromatic carbocycles. The molecule has 3 nitrogen and oxygen atoms in total. The number of hydrogen-bond donors (Lipinski definition) is 0. The summed E-state index contributed by atoms with van der Waals surface area (Å²) < 4.78 is 26.6. The van der Waals surface area contributed by atoms with Crippen LogP contribution in [0.15, 0.2) is 66.7 Å². The molecule has 0 N–H and O–H groups in total. The molecule has 0 saturated heterocycles. The van der Waals surface area contributed by atoms with Crippen molar-refractivity contribution in [3.8, 4) is 16.9 Å². The lowest BCUT2D eigenvalue weighted by Crippen LogP contribution is -1.98. The highest BCUT2D eigenvalue weighted by Gasteiger charge is 2.09. The Morgan fingerprint density at radius 3 is 2.25 bits per heavy atom. The van der Waals surface area contributed by atoms with E-state index in [-0.39, 0.29) is 0 Å². The standard InChI is InChI=1S/C16H12O3S/c17-20(18)19-15-11-5-9-13-8-4-10-14(16(13)15)12-6-2-1-3-7-12/h1-11H,(H,17,18)/p-1. The Bertz CT molecular complexity index is 764. The largest absolute Gasteiger partial charge is 0.740 e. The van der Waals surface area contributed by atoms with E-state index < -0.39 is 11.4 Å². The predicted octanol–water partition coefficient (Wildman–Crippen LogP) is 3.68. The van der Waals surface area contributed by atoms with Crippen molar-refractivity contribution in [3.63, 3.8) is 0 Å². The van der Waals surface area contributed by atoms with E-state index >= 15 is 0 Å². The molecule has 0 aliphatic heterocycles. The topological polar surface area (TPSA) is 49.4 Å². The van der Waals surface area contributed by atoms with Gasteiger partial charge in [0.2, 0.25) is 0 Å². The molecule has 3 rings (SSSR count). The SMILES string of the molecule is O=S([O-])Oc1cccc2cccc(-c3ccccc3)c12. The van der Waals surface area contributed by atoms with Gasteiger partial charge in [-0.2, -0.15) is 0 Å². The van der Waals surface area contributed by atoms with Gasteiger partial charge >= 0.3 is 0 Å². The average molecular weight is 283 g/mol. The Labute approximate surface area is 119 Å². The van der Waals surface area contributed by atoms with E-state index in [4.69, 9.17) is 4.18 Å². The van der Waals surface area contributed by atoms with Gasteiger partial charge < -0.3 is 8.74 Å². The molecule has 0 aliphatic rings. The van der Waals surface area contributed by atoms with E-state index in [1.807, 2.05) is 54.6 Å².